The second-order valence-electron chi connectivity index (χ2n) is 4.76. The molecule has 1 unspecified atom stereocenters. The van der Waals surface area contributed by atoms with Crippen LogP contribution in [0.15, 0.2) is 18.2 Å². The van der Waals surface area contributed by atoms with E-state index in [9.17, 15) is 4.79 Å². The van der Waals surface area contributed by atoms with Crippen molar-refractivity contribution in [3.8, 4) is 17.6 Å². The average Bonchev–Trinajstić information content (AvgIpc) is 2.84. The molecule has 19 heavy (non-hydrogen) atoms. The predicted octanol–water partition coefficient (Wildman–Crippen LogP) is 1.83. The van der Waals surface area contributed by atoms with Crippen molar-refractivity contribution in [2.45, 2.75) is 20.4 Å². The molecular formula is C14H16N2O3. The van der Waals surface area contributed by atoms with E-state index in [0.29, 0.717) is 18.0 Å². The van der Waals surface area contributed by atoms with Crippen molar-refractivity contribution in [2.24, 2.45) is 11.8 Å². The molecule has 1 aromatic rings. The highest BCUT2D eigenvalue weighted by molar-refractivity contribution is 5.81. The van der Waals surface area contributed by atoms with Gasteiger partial charge in [0, 0.05) is 6.54 Å². The summed E-state index contributed by atoms with van der Waals surface area (Å²) < 4.78 is 10.5. The number of carbonyl (C=O) groups is 1. The summed E-state index contributed by atoms with van der Waals surface area (Å²) >= 11 is 0. The standard InChI is InChI=1S/C14H16N2O3/c1-9(2)11(6-15)14(17)16-7-10-3-4-12-13(5-10)19-8-18-12/h3-5,9,11H,7-8H2,1-2H3,(H,16,17). The minimum atomic E-state index is -0.617. The first-order chi connectivity index (χ1) is 9.11. The number of nitrogens with one attached hydrogen (secondary N) is 1. The first-order valence-corrected chi connectivity index (χ1v) is 6.17. The quantitative estimate of drug-likeness (QED) is 0.896. The zero-order valence-corrected chi connectivity index (χ0v) is 11.0. The van der Waals surface area contributed by atoms with Crippen LogP contribution in [0.3, 0.4) is 0 Å². The van der Waals surface area contributed by atoms with Gasteiger partial charge in [0.25, 0.3) is 0 Å². The number of hydrogen-bond acceptors (Lipinski definition) is 4. The van der Waals surface area contributed by atoms with Gasteiger partial charge in [-0.3, -0.25) is 4.79 Å². The highest BCUT2D eigenvalue weighted by Gasteiger charge is 2.21. The molecule has 0 saturated heterocycles. The van der Waals surface area contributed by atoms with Gasteiger partial charge in [0.05, 0.1) is 6.07 Å². The molecule has 0 saturated carbocycles. The lowest BCUT2D eigenvalue weighted by Gasteiger charge is -2.13. The van der Waals surface area contributed by atoms with Crippen LogP contribution in [0.25, 0.3) is 0 Å². The Kier molecular flexibility index (Phi) is 3.91. The molecule has 0 fully saturated rings. The number of rotatable bonds is 4. The van der Waals surface area contributed by atoms with Gasteiger partial charge in [-0.2, -0.15) is 5.26 Å². The highest BCUT2D eigenvalue weighted by Crippen LogP contribution is 2.32. The maximum Gasteiger partial charge on any atom is 0.237 e. The Morgan fingerprint density at radius 3 is 2.84 bits per heavy atom. The zero-order valence-electron chi connectivity index (χ0n) is 11.0. The van der Waals surface area contributed by atoms with E-state index < -0.39 is 5.92 Å². The fraction of sp³-hybridized carbons (Fsp3) is 0.429. The Morgan fingerprint density at radius 1 is 1.42 bits per heavy atom. The van der Waals surface area contributed by atoms with Crippen LogP contribution in [-0.2, 0) is 11.3 Å². The largest absolute Gasteiger partial charge is 0.454 e. The lowest BCUT2D eigenvalue weighted by atomic mass is 9.96. The average molecular weight is 260 g/mol. The number of nitrogens with zero attached hydrogens (tertiary/aromatic N) is 1. The third kappa shape index (κ3) is 2.97. The van der Waals surface area contributed by atoms with Gasteiger partial charge in [-0.1, -0.05) is 19.9 Å². The molecule has 0 aliphatic carbocycles. The smallest absolute Gasteiger partial charge is 0.237 e. The van der Waals surface area contributed by atoms with E-state index in [1.807, 2.05) is 38.1 Å². The molecule has 5 heteroatoms. The first kappa shape index (κ1) is 13.2. The number of fused-ring (bicyclic) bond motifs is 1. The molecular weight excluding hydrogens is 244 g/mol. The molecule has 5 nitrogen and oxygen atoms in total. The molecule has 100 valence electrons. The normalized spacial score (nSPS) is 14.0. The van der Waals surface area contributed by atoms with Crippen LogP contribution >= 0.6 is 0 Å². The van der Waals surface area contributed by atoms with Gasteiger partial charge in [0.2, 0.25) is 12.7 Å². The molecule has 2 rings (SSSR count). The van der Waals surface area contributed by atoms with Crippen LogP contribution in [0.5, 0.6) is 11.5 Å². The van der Waals surface area contributed by atoms with Crippen molar-refractivity contribution in [1.29, 1.82) is 5.26 Å². The van der Waals surface area contributed by atoms with Crippen molar-refractivity contribution in [1.82, 2.24) is 5.32 Å². The van der Waals surface area contributed by atoms with E-state index in [1.54, 1.807) is 0 Å². The molecule has 0 radical (unpaired) electrons. The van der Waals surface area contributed by atoms with Crippen LogP contribution < -0.4 is 14.8 Å². The Balaban J connectivity index is 1.96. The fourth-order valence-electron chi connectivity index (χ4n) is 1.86. The van der Waals surface area contributed by atoms with Gasteiger partial charge < -0.3 is 14.8 Å². The van der Waals surface area contributed by atoms with Crippen LogP contribution in [0.4, 0.5) is 0 Å². The summed E-state index contributed by atoms with van der Waals surface area (Å²) in [5.74, 6) is 0.547. The van der Waals surface area contributed by atoms with Gasteiger partial charge in [0.1, 0.15) is 5.92 Å². The zero-order chi connectivity index (χ0) is 13.8. The topological polar surface area (TPSA) is 71.4 Å². The minimum absolute atomic E-state index is 0.00162. The second kappa shape index (κ2) is 5.61. The lowest BCUT2D eigenvalue weighted by molar-refractivity contribution is -0.124. The maximum absolute atomic E-state index is 11.8. The van der Waals surface area contributed by atoms with E-state index in [-0.39, 0.29) is 18.6 Å². The van der Waals surface area contributed by atoms with Gasteiger partial charge in [-0.25, -0.2) is 0 Å². The van der Waals surface area contributed by atoms with Crippen LogP contribution in [0.2, 0.25) is 0 Å². The first-order valence-electron chi connectivity index (χ1n) is 6.17. The third-order valence-electron chi connectivity index (χ3n) is 2.99. The lowest BCUT2D eigenvalue weighted by Crippen LogP contribution is -2.32. The van der Waals surface area contributed by atoms with Gasteiger partial charge in [-0.05, 0) is 23.6 Å². The summed E-state index contributed by atoms with van der Waals surface area (Å²) in [4.78, 5) is 11.8. The van der Waals surface area contributed by atoms with Crippen LogP contribution in [0, 0.1) is 23.2 Å². The van der Waals surface area contributed by atoms with Crippen molar-refractivity contribution in [3.05, 3.63) is 23.8 Å². The van der Waals surface area contributed by atoms with Gasteiger partial charge >= 0.3 is 0 Å². The molecule has 0 spiro atoms. The number of amides is 1. The summed E-state index contributed by atoms with van der Waals surface area (Å²) in [5, 5.41) is 11.7. The van der Waals surface area contributed by atoms with E-state index in [0.717, 1.165) is 5.56 Å². The molecule has 1 aliphatic rings. The number of benzene rings is 1. The monoisotopic (exact) mass is 260 g/mol. The number of carbonyl (C=O) groups excluding carboxylic acids is 1. The van der Waals surface area contributed by atoms with E-state index >= 15 is 0 Å². The molecule has 1 aromatic carbocycles. The molecule has 0 aromatic heterocycles. The molecule has 1 amide bonds. The third-order valence-corrected chi connectivity index (χ3v) is 2.99. The molecule has 1 N–H and O–H groups in total. The number of hydrogen-bond donors (Lipinski definition) is 1. The highest BCUT2D eigenvalue weighted by atomic mass is 16.7. The summed E-state index contributed by atoms with van der Waals surface area (Å²) in [7, 11) is 0. The SMILES string of the molecule is CC(C)C(C#N)C(=O)NCc1ccc2c(c1)OCO2. The Morgan fingerprint density at radius 2 is 2.16 bits per heavy atom. The van der Waals surface area contributed by atoms with E-state index in [1.165, 1.54) is 0 Å². The van der Waals surface area contributed by atoms with Gasteiger partial charge in [-0.15, -0.1) is 0 Å². The Hall–Kier alpha value is -2.22. The summed E-state index contributed by atoms with van der Waals surface area (Å²) in [6.07, 6.45) is 0. The maximum atomic E-state index is 11.8. The van der Waals surface area contributed by atoms with Crippen molar-refractivity contribution < 1.29 is 14.3 Å². The number of nitriles is 1. The van der Waals surface area contributed by atoms with E-state index in [4.69, 9.17) is 14.7 Å². The van der Waals surface area contributed by atoms with Crippen LogP contribution in [0.1, 0.15) is 19.4 Å². The summed E-state index contributed by atoms with van der Waals surface area (Å²) in [6, 6.07) is 7.53. The predicted molar refractivity (Wildman–Crippen MR) is 68.4 cm³/mol. The van der Waals surface area contributed by atoms with Crippen molar-refractivity contribution in [2.75, 3.05) is 6.79 Å². The molecule has 0 bridgehead atoms. The fourth-order valence-corrected chi connectivity index (χ4v) is 1.86. The minimum Gasteiger partial charge on any atom is -0.454 e. The number of ether oxygens (including phenoxy) is 2. The van der Waals surface area contributed by atoms with Crippen LogP contribution in [-0.4, -0.2) is 12.7 Å². The summed E-state index contributed by atoms with van der Waals surface area (Å²) in [6.45, 7) is 4.32. The molecule has 1 heterocycles. The Bertz CT molecular complexity index is 520. The van der Waals surface area contributed by atoms with Crippen molar-refractivity contribution >= 4 is 5.91 Å². The second-order valence-corrected chi connectivity index (χ2v) is 4.76. The van der Waals surface area contributed by atoms with E-state index in [2.05, 4.69) is 5.32 Å². The Labute approximate surface area is 112 Å². The molecule has 1 aliphatic heterocycles. The summed E-state index contributed by atoms with van der Waals surface area (Å²) in [5.41, 5.74) is 0.915. The van der Waals surface area contributed by atoms with Gasteiger partial charge in [0.15, 0.2) is 11.5 Å². The van der Waals surface area contributed by atoms with Crippen molar-refractivity contribution in [3.63, 3.8) is 0 Å². The molecule has 1 atom stereocenters.